The van der Waals surface area contributed by atoms with Gasteiger partial charge in [0.05, 0.1) is 12.4 Å². The number of amides is 1. The first-order valence-electron chi connectivity index (χ1n) is 9.59. The molecule has 7 heteroatoms. The first-order chi connectivity index (χ1) is 14.7. The number of aliphatic imine (C=N–C) groups is 1. The number of allylic oxidation sites excluding steroid dienone is 1. The van der Waals surface area contributed by atoms with Crippen molar-refractivity contribution >= 4 is 33.8 Å². The molecule has 0 saturated carbocycles. The van der Waals surface area contributed by atoms with E-state index in [0.29, 0.717) is 11.1 Å². The molecule has 0 bridgehead atoms. The van der Waals surface area contributed by atoms with Gasteiger partial charge in [-0.1, -0.05) is 49.0 Å². The zero-order valence-corrected chi connectivity index (χ0v) is 18.6. The Bertz CT molecular complexity index is 1100. The van der Waals surface area contributed by atoms with E-state index < -0.39 is 15.9 Å². The highest BCUT2D eigenvalue weighted by atomic mass is 32.2. The Kier molecular flexibility index (Phi) is 8.52. The van der Waals surface area contributed by atoms with Crippen LogP contribution >= 0.6 is 0 Å². The molecule has 0 saturated heterocycles. The number of ether oxygens (including phenoxy) is 1. The Morgan fingerprint density at radius 2 is 1.74 bits per heavy atom. The number of benzene rings is 2. The number of sulfonamides is 1. The van der Waals surface area contributed by atoms with Gasteiger partial charge in [-0.25, -0.2) is 13.1 Å². The van der Waals surface area contributed by atoms with Gasteiger partial charge in [-0.15, -0.1) is 0 Å². The average molecular weight is 439 g/mol. The molecule has 1 N–H and O–H groups in total. The van der Waals surface area contributed by atoms with E-state index in [4.69, 9.17) is 4.74 Å². The molecule has 1 amide bonds. The summed E-state index contributed by atoms with van der Waals surface area (Å²) in [4.78, 5) is 16.6. The van der Waals surface area contributed by atoms with E-state index in [0.717, 1.165) is 17.6 Å². The van der Waals surface area contributed by atoms with Crippen molar-refractivity contribution in [2.45, 2.75) is 20.0 Å². The van der Waals surface area contributed by atoms with Gasteiger partial charge in [-0.05, 0) is 54.8 Å². The number of nitrogens with one attached hydrogen (secondary N) is 1. The van der Waals surface area contributed by atoms with Gasteiger partial charge in [-0.2, -0.15) is 0 Å². The molecule has 0 atom stereocenters. The van der Waals surface area contributed by atoms with Crippen LogP contribution in [0.4, 0.5) is 0 Å². The van der Waals surface area contributed by atoms with Crippen molar-refractivity contribution in [1.29, 1.82) is 0 Å². The molecule has 2 aromatic carbocycles. The van der Waals surface area contributed by atoms with Gasteiger partial charge in [0.1, 0.15) is 5.75 Å². The first-order valence-corrected chi connectivity index (χ1v) is 11.5. The molecule has 162 valence electrons. The molecule has 0 unspecified atom stereocenters. The topological polar surface area (TPSA) is 84.8 Å². The van der Waals surface area contributed by atoms with Crippen molar-refractivity contribution in [1.82, 2.24) is 4.72 Å². The van der Waals surface area contributed by atoms with Gasteiger partial charge in [-0.3, -0.25) is 9.79 Å². The number of carbonyl (C=O) groups is 1. The van der Waals surface area contributed by atoms with Crippen LogP contribution in [0.1, 0.15) is 25.0 Å². The molecular formula is C24H26N2O4S. The lowest BCUT2D eigenvalue weighted by molar-refractivity contribution is -0.115. The SMILES string of the molecule is C=C(\C(=C/C=N/C=C/c1ccc(OC(C)C)cc1)C(=O)NS(C)(=O)=O)c1ccccc1. The lowest BCUT2D eigenvalue weighted by Crippen LogP contribution is -2.31. The molecule has 0 aliphatic carbocycles. The smallest absolute Gasteiger partial charge is 0.265 e. The molecule has 0 heterocycles. The summed E-state index contributed by atoms with van der Waals surface area (Å²) in [5.74, 6) is 0.0204. The normalized spacial score (nSPS) is 12.5. The van der Waals surface area contributed by atoms with E-state index in [9.17, 15) is 13.2 Å². The lowest BCUT2D eigenvalue weighted by atomic mass is 9.99. The van der Waals surface area contributed by atoms with Crippen LogP contribution < -0.4 is 9.46 Å². The second-order valence-corrected chi connectivity index (χ2v) is 8.73. The fraction of sp³-hybridized carbons (Fsp3) is 0.167. The Labute approximate surface area is 183 Å². The van der Waals surface area contributed by atoms with Gasteiger partial charge < -0.3 is 4.74 Å². The minimum absolute atomic E-state index is 0.101. The van der Waals surface area contributed by atoms with Gasteiger partial charge in [0.25, 0.3) is 5.91 Å². The summed E-state index contributed by atoms with van der Waals surface area (Å²) in [5, 5.41) is 0. The fourth-order valence-corrected chi connectivity index (χ4v) is 3.00. The largest absolute Gasteiger partial charge is 0.491 e. The third-order valence-electron chi connectivity index (χ3n) is 3.90. The number of carbonyl (C=O) groups excluding carboxylic acids is 1. The maximum atomic E-state index is 12.5. The second kappa shape index (κ2) is 11.1. The van der Waals surface area contributed by atoms with Crippen LogP contribution in [0.2, 0.25) is 0 Å². The molecular weight excluding hydrogens is 412 g/mol. The Morgan fingerprint density at radius 1 is 1.10 bits per heavy atom. The standard InChI is InChI=1S/C24H26N2O4S/c1-18(2)30-22-12-10-20(11-13-22)14-16-25-17-15-23(24(27)26-31(4,28)29)19(3)21-8-6-5-7-9-21/h5-18H,3H2,1-2,4H3,(H,26,27)/b16-14+,23-15+,25-17+. The van der Waals surface area contributed by atoms with Crippen LogP contribution in [0.5, 0.6) is 5.75 Å². The first kappa shape index (κ1) is 23.8. The molecule has 0 spiro atoms. The summed E-state index contributed by atoms with van der Waals surface area (Å²) in [5.41, 5.74) is 2.12. The predicted molar refractivity (Wildman–Crippen MR) is 126 cm³/mol. The van der Waals surface area contributed by atoms with Gasteiger partial charge in [0.2, 0.25) is 10.0 Å². The van der Waals surface area contributed by atoms with Crippen molar-refractivity contribution in [3.8, 4) is 5.75 Å². The van der Waals surface area contributed by atoms with Crippen LogP contribution in [0.25, 0.3) is 11.6 Å². The zero-order valence-electron chi connectivity index (χ0n) is 17.8. The van der Waals surface area contributed by atoms with E-state index in [2.05, 4.69) is 11.6 Å². The molecule has 0 aromatic heterocycles. The van der Waals surface area contributed by atoms with Crippen LogP contribution in [0.3, 0.4) is 0 Å². The summed E-state index contributed by atoms with van der Waals surface area (Å²) in [6.45, 7) is 7.87. The van der Waals surface area contributed by atoms with Crippen molar-refractivity contribution < 1.29 is 17.9 Å². The molecule has 31 heavy (non-hydrogen) atoms. The van der Waals surface area contributed by atoms with Gasteiger partial charge in [0, 0.05) is 18.0 Å². The zero-order chi connectivity index (χ0) is 22.9. The minimum atomic E-state index is -3.72. The molecule has 2 rings (SSSR count). The van der Waals surface area contributed by atoms with Crippen molar-refractivity contribution in [3.63, 3.8) is 0 Å². The van der Waals surface area contributed by atoms with E-state index >= 15 is 0 Å². The molecule has 0 radical (unpaired) electrons. The average Bonchev–Trinajstić information content (AvgIpc) is 2.70. The van der Waals surface area contributed by atoms with Gasteiger partial charge in [0.15, 0.2) is 0 Å². The Hall–Kier alpha value is -3.45. The second-order valence-electron chi connectivity index (χ2n) is 6.98. The quantitative estimate of drug-likeness (QED) is 0.361. The van der Waals surface area contributed by atoms with Crippen LogP contribution in [-0.4, -0.2) is 32.9 Å². The highest BCUT2D eigenvalue weighted by Gasteiger charge is 2.17. The van der Waals surface area contributed by atoms with Gasteiger partial charge >= 0.3 is 0 Å². The van der Waals surface area contributed by atoms with Crippen molar-refractivity contribution in [2.24, 2.45) is 4.99 Å². The van der Waals surface area contributed by atoms with Crippen molar-refractivity contribution in [3.05, 3.63) is 90.2 Å². The predicted octanol–water partition coefficient (Wildman–Crippen LogP) is 4.23. The van der Waals surface area contributed by atoms with E-state index in [1.54, 1.807) is 36.5 Å². The minimum Gasteiger partial charge on any atom is -0.491 e. The molecule has 0 aliphatic rings. The van der Waals surface area contributed by atoms with Crippen LogP contribution in [0.15, 0.2) is 84.0 Å². The van der Waals surface area contributed by atoms with E-state index in [1.165, 1.54) is 12.3 Å². The van der Waals surface area contributed by atoms with Crippen LogP contribution in [-0.2, 0) is 14.8 Å². The third kappa shape index (κ3) is 8.44. The van der Waals surface area contributed by atoms with E-state index in [1.807, 2.05) is 48.9 Å². The fourth-order valence-electron chi connectivity index (χ4n) is 2.56. The Balaban J connectivity index is 2.17. The maximum Gasteiger partial charge on any atom is 0.265 e. The molecule has 0 fully saturated rings. The molecule has 6 nitrogen and oxygen atoms in total. The third-order valence-corrected chi connectivity index (χ3v) is 4.46. The van der Waals surface area contributed by atoms with Crippen molar-refractivity contribution in [2.75, 3.05) is 6.26 Å². The number of rotatable bonds is 9. The highest BCUT2D eigenvalue weighted by Crippen LogP contribution is 2.21. The highest BCUT2D eigenvalue weighted by molar-refractivity contribution is 7.89. The molecule has 2 aromatic rings. The summed E-state index contributed by atoms with van der Waals surface area (Å²) in [6.07, 6.45) is 7.25. The lowest BCUT2D eigenvalue weighted by Gasteiger charge is -2.10. The number of nitrogens with zero attached hydrogens (tertiary/aromatic N) is 1. The number of hydrogen-bond acceptors (Lipinski definition) is 5. The summed E-state index contributed by atoms with van der Waals surface area (Å²) >= 11 is 0. The maximum absolute atomic E-state index is 12.5. The summed E-state index contributed by atoms with van der Waals surface area (Å²) in [7, 11) is -3.72. The monoisotopic (exact) mass is 438 g/mol. The summed E-state index contributed by atoms with van der Waals surface area (Å²) in [6, 6.07) is 16.6. The Morgan fingerprint density at radius 3 is 2.32 bits per heavy atom. The number of hydrogen-bond donors (Lipinski definition) is 1. The summed E-state index contributed by atoms with van der Waals surface area (Å²) < 4.78 is 30.5. The van der Waals surface area contributed by atoms with E-state index in [-0.39, 0.29) is 11.7 Å². The molecule has 0 aliphatic heterocycles. The van der Waals surface area contributed by atoms with Crippen LogP contribution in [0, 0.1) is 0 Å².